The minimum absolute atomic E-state index is 0.0252. The van der Waals surface area contributed by atoms with Crippen LogP contribution in [0.4, 0.5) is 0 Å². The van der Waals surface area contributed by atoms with E-state index in [1.165, 1.54) is 10.9 Å². The lowest BCUT2D eigenvalue weighted by molar-refractivity contribution is -0.136. The van der Waals surface area contributed by atoms with Crippen LogP contribution in [0.3, 0.4) is 0 Å². The van der Waals surface area contributed by atoms with E-state index in [-0.39, 0.29) is 35.4 Å². The SMILES string of the molecule is CC(CC(=O)N1CCC(O)(Cn2cnc3c(-c4ccc5c(c4)CCC5=O)n(C)nc3c2=O)CC1)n1cccn1. The second kappa shape index (κ2) is 9.57. The lowest BCUT2D eigenvalue weighted by Crippen LogP contribution is -2.49. The number of piperidine rings is 1. The molecule has 4 heterocycles. The quantitative estimate of drug-likeness (QED) is 0.405. The Morgan fingerprint density at radius 3 is 2.69 bits per heavy atom. The Morgan fingerprint density at radius 1 is 1.15 bits per heavy atom. The predicted molar refractivity (Wildman–Crippen MR) is 143 cm³/mol. The summed E-state index contributed by atoms with van der Waals surface area (Å²) in [6, 6.07) is 7.48. The van der Waals surface area contributed by atoms with Gasteiger partial charge in [-0.05, 0) is 43.9 Å². The van der Waals surface area contributed by atoms with Gasteiger partial charge in [-0.3, -0.25) is 28.3 Å². The van der Waals surface area contributed by atoms with E-state index >= 15 is 0 Å². The van der Waals surface area contributed by atoms with Crippen molar-refractivity contribution in [2.24, 2.45) is 7.05 Å². The number of fused-ring (bicyclic) bond motifs is 2. The van der Waals surface area contributed by atoms with Gasteiger partial charge in [0.05, 0.1) is 30.2 Å². The van der Waals surface area contributed by atoms with Crippen molar-refractivity contribution in [3.63, 3.8) is 0 Å². The number of ketones is 1. The van der Waals surface area contributed by atoms with Crippen molar-refractivity contribution in [3.8, 4) is 11.3 Å². The average Bonchev–Trinajstić information content (AvgIpc) is 3.65. The van der Waals surface area contributed by atoms with Crippen molar-refractivity contribution in [1.82, 2.24) is 34.0 Å². The van der Waals surface area contributed by atoms with Crippen LogP contribution in [0, 0.1) is 0 Å². The van der Waals surface area contributed by atoms with E-state index in [0.717, 1.165) is 16.7 Å². The van der Waals surface area contributed by atoms with Gasteiger partial charge >= 0.3 is 0 Å². The van der Waals surface area contributed by atoms with E-state index in [1.54, 1.807) is 27.5 Å². The molecule has 6 rings (SSSR count). The van der Waals surface area contributed by atoms with Crippen molar-refractivity contribution in [1.29, 1.82) is 0 Å². The van der Waals surface area contributed by atoms with Crippen LogP contribution in [0.25, 0.3) is 22.3 Å². The first kappa shape index (κ1) is 25.2. The fourth-order valence-corrected chi connectivity index (χ4v) is 5.80. The second-order valence-electron chi connectivity index (χ2n) is 10.8. The van der Waals surface area contributed by atoms with Gasteiger partial charge < -0.3 is 10.0 Å². The molecule has 0 saturated carbocycles. The van der Waals surface area contributed by atoms with Gasteiger partial charge in [0, 0.05) is 56.5 Å². The molecule has 4 aromatic rings. The molecule has 39 heavy (non-hydrogen) atoms. The van der Waals surface area contributed by atoms with Gasteiger partial charge in [0.15, 0.2) is 11.3 Å². The smallest absolute Gasteiger partial charge is 0.281 e. The molecule has 1 aromatic carbocycles. The highest BCUT2D eigenvalue weighted by molar-refractivity contribution is 6.01. The zero-order valence-electron chi connectivity index (χ0n) is 22.1. The molecule has 0 radical (unpaired) electrons. The Bertz CT molecular complexity index is 1630. The van der Waals surface area contributed by atoms with E-state index in [4.69, 9.17) is 0 Å². The molecule has 202 valence electrons. The molecule has 1 N–H and O–H groups in total. The van der Waals surface area contributed by atoms with Gasteiger partial charge in [0.2, 0.25) is 5.91 Å². The van der Waals surface area contributed by atoms with Crippen molar-refractivity contribution >= 4 is 22.7 Å². The van der Waals surface area contributed by atoms with Crippen LogP contribution < -0.4 is 5.56 Å². The third-order valence-electron chi connectivity index (χ3n) is 8.07. The molecule has 1 saturated heterocycles. The Morgan fingerprint density at radius 2 is 1.95 bits per heavy atom. The van der Waals surface area contributed by atoms with Gasteiger partial charge in [-0.1, -0.05) is 12.1 Å². The van der Waals surface area contributed by atoms with Crippen LogP contribution in [0.5, 0.6) is 0 Å². The van der Waals surface area contributed by atoms with Gasteiger partial charge in [0.25, 0.3) is 5.56 Å². The molecule has 0 spiro atoms. The molecule has 11 heteroatoms. The van der Waals surface area contributed by atoms with Crippen molar-refractivity contribution in [3.05, 3.63) is 64.5 Å². The highest BCUT2D eigenvalue weighted by Crippen LogP contribution is 2.31. The zero-order chi connectivity index (χ0) is 27.3. The molecular weight excluding hydrogens is 498 g/mol. The number of likely N-dealkylation sites (tertiary alicyclic amines) is 1. The van der Waals surface area contributed by atoms with Crippen LogP contribution >= 0.6 is 0 Å². The lowest BCUT2D eigenvalue weighted by atomic mass is 9.91. The summed E-state index contributed by atoms with van der Waals surface area (Å²) in [4.78, 5) is 44.6. The summed E-state index contributed by atoms with van der Waals surface area (Å²) in [7, 11) is 1.77. The minimum Gasteiger partial charge on any atom is -0.388 e. The normalized spacial score (nSPS) is 17.5. The second-order valence-corrected chi connectivity index (χ2v) is 10.8. The molecule has 1 aliphatic carbocycles. The molecule has 2 aliphatic rings. The first-order chi connectivity index (χ1) is 18.7. The molecular formula is C28H31N7O4. The summed E-state index contributed by atoms with van der Waals surface area (Å²) in [6.07, 6.45) is 7.29. The first-order valence-corrected chi connectivity index (χ1v) is 13.3. The summed E-state index contributed by atoms with van der Waals surface area (Å²) in [5, 5.41) is 20.0. The summed E-state index contributed by atoms with van der Waals surface area (Å²) in [5.41, 5.74) is 2.60. The van der Waals surface area contributed by atoms with Crippen LogP contribution in [0.15, 0.2) is 47.8 Å². The van der Waals surface area contributed by atoms with Crippen LogP contribution in [-0.4, -0.2) is 69.5 Å². The number of amides is 1. The number of Topliss-reactive ketones (excluding diaryl/α,β-unsaturated/α-hetero) is 1. The van der Waals surface area contributed by atoms with Crippen molar-refractivity contribution in [2.75, 3.05) is 13.1 Å². The largest absolute Gasteiger partial charge is 0.388 e. The molecule has 1 atom stereocenters. The average molecular weight is 530 g/mol. The van der Waals surface area contributed by atoms with Gasteiger partial charge in [0.1, 0.15) is 5.52 Å². The fourth-order valence-electron chi connectivity index (χ4n) is 5.80. The van der Waals surface area contributed by atoms with E-state index in [9.17, 15) is 19.5 Å². The number of nitrogens with zero attached hydrogens (tertiary/aromatic N) is 7. The number of hydrogen-bond acceptors (Lipinski definition) is 7. The topological polar surface area (TPSA) is 128 Å². The predicted octanol–water partition coefficient (Wildman–Crippen LogP) is 2.13. The fraction of sp³-hybridized carbons (Fsp3) is 0.429. The molecule has 11 nitrogen and oxygen atoms in total. The number of hydrogen-bond donors (Lipinski definition) is 1. The zero-order valence-corrected chi connectivity index (χ0v) is 22.1. The van der Waals surface area contributed by atoms with E-state index in [0.29, 0.717) is 56.4 Å². The molecule has 1 amide bonds. The molecule has 1 unspecified atom stereocenters. The highest BCUT2D eigenvalue weighted by atomic mass is 16.3. The molecule has 3 aromatic heterocycles. The maximum absolute atomic E-state index is 13.4. The van der Waals surface area contributed by atoms with E-state index in [2.05, 4.69) is 15.2 Å². The van der Waals surface area contributed by atoms with Crippen molar-refractivity contribution in [2.45, 2.75) is 57.2 Å². The van der Waals surface area contributed by atoms with Gasteiger partial charge in [-0.15, -0.1) is 0 Å². The van der Waals surface area contributed by atoms with Gasteiger partial charge in [-0.2, -0.15) is 10.2 Å². The van der Waals surface area contributed by atoms with E-state index in [1.807, 2.05) is 37.4 Å². The van der Waals surface area contributed by atoms with E-state index < -0.39 is 5.60 Å². The number of aromatic nitrogens is 6. The third-order valence-corrected chi connectivity index (χ3v) is 8.07. The Balaban J connectivity index is 1.17. The molecule has 1 aliphatic heterocycles. The number of rotatable bonds is 6. The monoisotopic (exact) mass is 529 g/mol. The minimum atomic E-state index is -1.13. The number of aliphatic hydroxyl groups is 1. The van der Waals surface area contributed by atoms with Crippen molar-refractivity contribution < 1.29 is 14.7 Å². The molecule has 0 bridgehead atoms. The maximum Gasteiger partial charge on any atom is 0.281 e. The third kappa shape index (κ3) is 4.56. The standard InChI is InChI=1S/C28H31N7O4/c1-18(35-11-3-10-30-35)14-23(37)33-12-8-28(39,9-13-33)16-34-17-29-24-25(27(34)38)31-32(2)26(24)20-4-6-21-19(15-20)5-7-22(21)36/h3-4,6,10-11,15,17-18,39H,5,7-9,12-14,16H2,1-2H3. The number of carbonyl (C=O) groups excluding carboxylic acids is 2. The lowest BCUT2D eigenvalue weighted by Gasteiger charge is -2.38. The maximum atomic E-state index is 13.4. The Labute approximate surface area is 224 Å². The van der Waals surface area contributed by atoms with Gasteiger partial charge in [-0.25, -0.2) is 4.98 Å². The molecule has 1 fully saturated rings. The number of benzene rings is 1. The Hall–Kier alpha value is -4.12. The summed E-state index contributed by atoms with van der Waals surface area (Å²) in [5.74, 6) is 0.182. The van der Waals surface area contributed by atoms with Crippen LogP contribution in [0.2, 0.25) is 0 Å². The summed E-state index contributed by atoms with van der Waals surface area (Å²) in [6.45, 7) is 2.86. The number of carbonyl (C=O) groups is 2. The van der Waals surface area contributed by atoms with Crippen LogP contribution in [0.1, 0.15) is 54.6 Å². The Kier molecular flexibility index (Phi) is 6.17. The van der Waals surface area contributed by atoms with Crippen LogP contribution in [-0.2, 0) is 24.8 Å². The summed E-state index contributed by atoms with van der Waals surface area (Å²) >= 11 is 0. The highest BCUT2D eigenvalue weighted by Gasteiger charge is 2.35. The number of aryl methyl sites for hydroxylation is 2. The first-order valence-electron chi connectivity index (χ1n) is 13.3. The summed E-state index contributed by atoms with van der Waals surface area (Å²) < 4.78 is 4.82.